The molecular formula is C20H24N4O. The lowest BCUT2D eigenvalue weighted by molar-refractivity contribution is 0.0627. The number of aryl methyl sites for hydroxylation is 1. The van der Waals surface area contributed by atoms with Crippen LogP contribution in [0.25, 0.3) is 0 Å². The monoisotopic (exact) mass is 336 g/mol. The van der Waals surface area contributed by atoms with Crippen molar-refractivity contribution in [1.82, 2.24) is 20.2 Å². The number of hydrogen-bond acceptors (Lipinski definition) is 4. The third-order valence-electron chi connectivity index (χ3n) is 5.11. The van der Waals surface area contributed by atoms with E-state index in [2.05, 4.69) is 46.5 Å². The maximum absolute atomic E-state index is 13.1. The van der Waals surface area contributed by atoms with Crippen LogP contribution in [0.3, 0.4) is 0 Å². The van der Waals surface area contributed by atoms with E-state index in [1.807, 2.05) is 4.90 Å². The van der Waals surface area contributed by atoms with E-state index in [9.17, 15) is 4.79 Å². The first-order chi connectivity index (χ1) is 12.3. The number of piperazine rings is 1. The van der Waals surface area contributed by atoms with Gasteiger partial charge in [0.25, 0.3) is 5.91 Å². The third kappa shape index (κ3) is 3.42. The summed E-state index contributed by atoms with van der Waals surface area (Å²) >= 11 is 0. The standard InChI is InChI=1S/C20H24N4O/c1-2-14-3-5-15(6-4-14)18-13-21-11-12-24(18)20(25)17-9-10-22-19(23-17)16-7-8-16/h3-6,9-10,16,18,21H,2,7-8,11-13H2,1H3. The van der Waals surface area contributed by atoms with E-state index in [-0.39, 0.29) is 11.9 Å². The van der Waals surface area contributed by atoms with Crippen LogP contribution in [0.2, 0.25) is 0 Å². The van der Waals surface area contributed by atoms with Gasteiger partial charge in [-0.25, -0.2) is 9.97 Å². The van der Waals surface area contributed by atoms with Crippen molar-refractivity contribution in [2.45, 2.75) is 38.1 Å². The number of amides is 1. The topological polar surface area (TPSA) is 58.1 Å². The van der Waals surface area contributed by atoms with Crippen molar-refractivity contribution in [1.29, 1.82) is 0 Å². The summed E-state index contributed by atoms with van der Waals surface area (Å²) in [5, 5.41) is 3.41. The molecule has 0 spiro atoms. The van der Waals surface area contributed by atoms with Gasteiger partial charge in [0, 0.05) is 31.7 Å². The quantitative estimate of drug-likeness (QED) is 0.933. The number of rotatable bonds is 4. The molecule has 2 aromatic rings. The molecule has 25 heavy (non-hydrogen) atoms. The molecule has 1 amide bonds. The zero-order valence-electron chi connectivity index (χ0n) is 14.6. The number of nitrogens with zero attached hydrogens (tertiary/aromatic N) is 3. The fourth-order valence-electron chi connectivity index (χ4n) is 3.40. The Kier molecular flexibility index (Phi) is 4.49. The summed E-state index contributed by atoms with van der Waals surface area (Å²) < 4.78 is 0. The zero-order valence-corrected chi connectivity index (χ0v) is 14.6. The molecule has 2 heterocycles. The summed E-state index contributed by atoms with van der Waals surface area (Å²) in [5.41, 5.74) is 3.01. The van der Waals surface area contributed by atoms with Crippen molar-refractivity contribution < 1.29 is 4.79 Å². The Labute approximate surface area is 148 Å². The van der Waals surface area contributed by atoms with Crippen molar-refractivity contribution in [3.8, 4) is 0 Å². The summed E-state index contributed by atoms with van der Waals surface area (Å²) in [7, 11) is 0. The maximum Gasteiger partial charge on any atom is 0.273 e. The SMILES string of the molecule is CCc1ccc(C2CNCCN2C(=O)c2ccnc(C3CC3)n2)cc1. The number of carbonyl (C=O) groups is 1. The van der Waals surface area contributed by atoms with Gasteiger partial charge in [0.2, 0.25) is 0 Å². The van der Waals surface area contributed by atoms with Crippen LogP contribution in [-0.2, 0) is 6.42 Å². The molecule has 1 saturated heterocycles. The Morgan fingerprint density at radius 2 is 2.04 bits per heavy atom. The largest absolute Gasteiger partial charge is 0.328 e. The molecule has 5 heteroatoms. The highest BCUT2D eigenvalue weighted by Gasteiger charge is 2.31. The van der Waals surface area contributed by atoms with Gasteiger partial charge in [-0.2, -0.15) is 0 Å². The summed E-state index contributed by atoms with van der Waals surface area (Å²) in [6, 6.07) is 10.4. The summed E-state index contributed by atoms with van der Waals surface area (Å²) in [6.07, 6.45) is 5.02. The Morgan fingerprint density at radius 3 is 2.76 bits per heavy atom. The van der Waals surface area contributed by atoms with Gasteiger partial charge in [-0.15, -0.1) is 0 Å². The average Bonchev–Trinajstić information content (AvgIpc) is 3.53. The molecule has 1 aromatic heterocycles. The fraction of sp³-hybridized carbons (Fsp3) is 0.450. The fourth-order valence-corrected chi connectivity index (χ4v) is 3.40. The van der Waals surface area contributed by atoms with E-state index < -0.39 is 0 Å². The highest BCUT2D eigenvalue weighted by molar-refractivity contribution is 5.92. The minimum absolute atomic E-state index is 0.00960. The number of nitrogens with one attached hydrogen (secondary N) is 1. The van der Waals surface area contributed by atoms with Gasteiger partial charge in [0.05, 0.1) is 6.04 Å². The molecule has 1 aliphatic heterocycles. The van der Waals surface area contributed by atoms with Gasteiger partial charge in [-0.1, -0.05) is 31.2 Å². The molecule has 4 rings (SSSR count). The first kappa shape index (κ1) is 16.2. The highest BCUT2D eigenvalue weighted by Crippen LogP contribution is 2.37. The molecule has 1 unspecified atom stereocenters. The molecule has 0 bridgehead atoms. The van der Waals surface area contributed by atoms with E-state index in [1.165, 1.54) is 11.1 Å². The lowest BCUT2D eigenvalue weighted by atomic mass is 10.0. The van der Waals surface area contributed by atoms with Crippen LogP contribution >= 0.6 is 0 Å². The van der Waals surface area contributed by atoms with Gasteiger partial charge < -0.3 is 10.2 Å². The molecule has 1 N–H and O–H groups in total. The molecule has 2 fully saturated rings. The predicted molar refractivity (Wildman–Crippen MR) is 96.5 cm³/mol. The van der Waals surface area contributed by atoms with Gasteiger partial charge in [0.15, 0.2) is 0 Å². The molecule has 1 atom stereocenters. The van der Waals surface area contributed by atoms with E-state index in [0.29, 0.717) is 18.2 Å². The van der Waals surface area contributed by atoms with Gasteiger partial charge in [-0.3, -0.25) is 4.79 Å². The van der Waals surface area contributed by atoms with Crippen molar-refractivity contribution in [2.24, 2.45) is 0 Å². The van der Waals surface area contributed by atoms with Crippen LogP contribution in [0.4, 0.5) is 0 Å². The molecule has 1 saturated carbocycles. The van der Waals surface area contributed by atoms with Crippen molar-refractivity contribution in [3.05, 3.63) is 59.2 Å². The minimum atomic E-state index is 0.00960. The van der Waals surface area contributed by atoms with Crippen LogP contribution in [0.1, 0.15) is 59.2 Å². The third-order valence-corrected chi connectivity index (χ3v) is 5.11. The van der Waals surface area contributed by atoms with Crippen molar-refractivity contribution >= 4 is 5.91 Å². The maximum atomic E-state index is 13.1. The molecule has 130 valence electrons. The molecular weight excluding hydrogens is 312 g/mol. The van der Waals surface area contributed by atoms with E-state index in [1.54, 1.807) is 12.3 Å². The predicted octanol–water partition coefficient (Wildman–Crippen LogP) is 2.70. The minimum Gasteiger partial charge on any atom is -0.328 e. The molecule has 0 radical (unpaired) electrons. The Balaban J connectivity index is 1.59. The average molecular weight is 336 g/mol. The first-order valence-corrected chi connectivity index (χ1v) is 9.19. The summed E-state index contributed by atoms with van der Waals surface area (Å²) in [4.78, 5) is 23.9. The number of carbonyl (C=O) groups excluding carboxylic acids is 1. The van der Waals surface area contributed by atoms with Crippen LogP contribution in [0.5, 0.6) is 0 Å². The van der Waals surface area contributed by atoms with Crippen molar-refractivity contribution in [3.63, 3.8) is 0 Å². The zero-order chi connectivity index (χ0) is 17.2. The summed E-state index contributed by atoms with van der Waals surface area (Å²) in [5.74, 6) is 1.29. The second-order valence-corrected chi connectivity index (χ2v) is 6.89. The van der Waals surface area contributed by atoms with Crippen LogP contribution < -0.4 is 5.32 Å². The Bertz CT molecular complexity index is 755. The first-order valence-electron chi connectivity index (χ1n) is 9.19. The smallest absolute Gasteiger partial charge is 0.273 e. The Hall–Kier alpha value is -2.27. The molecule has 1 aliphatic carbocycles. The van der Waals surface area contributed by atoms with Crippen LogP contribution in [0.15, 0.2) is 36.5 Å². The number of aromatic nitrogens is 2. The second-order valence-electron chi connectivity index (χ2n) is 6.89. The highest BCUT2D eigenvalue weighted by atomic mass is 16.2. The number of hydrogen-bond donors (Lipinski definition) is 1. The molecule has 5 nitrogen and oxygen atoms in total. The molecule has 2 aliphatic rings. The normalized spacial score (nSPS) is 20.5. The summed E-state index contributed by atoms with van der Waals surface area (Å²) in [6.45, 7) is 4.44. The van der Waals surface area contributed by atoms with Crippen LogP contribution in [-0.4, -0.2) is 40.4 Å². The Morgan fingerprint density at radius 1 is 1.24 bits per heavy atom. The van der Waals surface area contributed by atoms with Gasteiger partial charge in [0.1, 0.15) is 11.5 Å². The van der Waals surface area contributed by atoms with Gasteiger partial charge in [-0.05, 0) is 36.5 Å². The number of benzene rings is 1. The molecule has 1 aromatic carbocycles. The van der Waals surface area contributed by atoms with Crippen LogP contribution in [0, 0.1) is 0 Å². The van der Waals surface area contributed by atoms with E-state index >= 15 is 0 Å². The lowest BCUT2D eigenvalue weighted by Crippen LogP contribution is -2.48. The lowest BCUT2D eigenvalue weighted by Gasteiger charge is -2.36. The van der Waals surface area contributed by atoms with Gasteiger partial charge >= 0.3 is 0 Å². The second kappa shape index (κ2) is 6.92. The van der Waals surface area contributed by atoms with E-state index in [0.717, 1.165) is 38.2 Å². The van der Waals surface area contributed by atoms with Crippen molar-refractivity contribution in [2.75, 3.05) is 19.6 Å². The van der Waals surface area contributed by atoms with E-state index in [4.69, 9.17) is 0 Å².